The first-order chi connectivity index (χ1) is 6.65. The highest BCUT2D eigenvalue weighted by Crippen LogP contribution is 2.16. The molecule has 0 unspecified atom stereocenters. The van der Waals surface area contributed by atoms with Crippen molar-refractivity contribution in [3.63, 3.8) is 0 Å². The number of esters is 1. The van der Waals surface area contributed by atoms with Crippen LogP contribution in [0.5, 0.6) is 0 Å². The monoisotopic (exact) mass is 201 g/mol. The van der Waals surface area contributed by atoms with Crippen LogP contribution in [0, 0.1) is 0 Å². The number of rotatable bonds is 2. The van der Waals surface area contributed by atoms with Crippen molar-refractivity contribution in [2.24, 2.45) is 5.11 Å². The predicted molar refractivity (Wildman–Crippen MR) is 45.3 cm³/mol. The van der Waals surface area contributed by atoms with E-state index in [9.17, 15) is 9.90 Å². The summed E-state index contributed by atoms with van der Waals surface area (Å²) in [5, 5.41) is 12.8. The van der Waals surface area contributed by atoms with Crippen molar-refractivity contribution >= 4 is 5.97 Å². The molecule has 0 bridgehead atoms. The van der Waals surface area contributed by atoms with E-state index in [4.69, 9.17) is 15.0 Å². The zero-order valence-electron chi connectivity index (χ0n) is 7.66. The molecule has 0 aliphatic carbocycles. The first-order valence-corrected chi connectivity index (χ1v) is 4.12. The van der Waals surface area contributed by atoms with Crippen LogP contribution in [-0.2, 0) is 14.3 Å². The van der Waals surface area contributed by atoms with E-state index in [-0.39, 0.29) is 13.2 Å². The van der Waals surface area contributed by atoms with Crippen LogP contribution in [0.25, 0.3) is 10.4 Å². The van der Waals surface area contributed by atoms with Crippen molar-refractivity contribution in [3.8, 4) is 0 Å². The summed E-state index contributed by atoms with van der Waals surface area (Å²) in [5.74, 6) is -0.519. The second kappa shape index (κ2) is 4.80. The lowest BCUT2D eigenvalue weighted by Crippen LogP contribution is -2.48. The van der Waals surface area contributed by atoms with Crippen molar-refractivity contribution in [1.29, 1.82) is 0 Å². The van der Waals surface area contributed by atoms with Gasteiger partial charge in [-0.15, -0.1) is 0 Å². The molecular formula is C7H11N3O4. The molecule has 14 heavy (non-hydrogen) atoms. The number of hydrogen-bond acceptors (Lipinski definition) is 5. The van der Waals surface area contributed by atoms with E-state index in [2.05, 4.69) is 10.0 Å². The molecule has 1 rings (SSSR count). The van der Waals surface area contributed by atoms with E-state index in [0.717, 1.165) is 0 Å². The molecule has 3 atom stereocenters. The second-order valence-electron chi connectivity index (χ2n) is 2.95. The SMILES string of the molecule is CC(=O)O[C@H]1[C@H](O)COC[C@@H]1N=[N+]=[N-]. The average Bonchev–Trinajstić information content (AvgIpc) is 2.11. The summed E-state index contributed by atoms with van der Waals surface area (Å²) in [4.78, 5) is 13.3. The molecule has 1 aliphatic heterocycles. The zero-order chi connectivity index (χ0) is 10.6. The Kier molecular flexibility index (Phi) is 3.70. The van der Waals surface area contributed by atoms with Gasteiger partial charge in [0.2, 0.25) is 0 Å². The van der Waals surface area contributed by atoms with Gasteiger partial charge >= 0.3 is 5.97 Å². The quantitative estimate of drug-likeness (QED) is 0.293. The molecule has 0 radical (unpaired) electrons. The molecule has 1 saturated heterocycles. The molecule has 0 amide bonds. The second-order valence-corrected chi connectivity index (χ2v) is 2.95. The minimum Gasteiger partial charge on any atom is -0.459 e. The Balaban J connectivity index is 2.69. The number of azide groups is 1. The van der Waals surface area contributed by atoms with Gasteiger partial charge in [-0.3, -0.25) is 4.79 Å². The van der Waals surface area contributed by atoms with E-state index >= 15 is 0 Å². The largest absolute Gasteiger partial charge is 0.459 e. The molecule has 0 saturated carbocycles. The van der Waals surface area contributed by atoms with Crippen LogP contribution < -0.4 is 0 Å². The summed E-state index contributed by atoms with van der Waals surface area (Å²) in [7, 11) is 0. The highest BCUT2D eigenvalue weighted by Gasteiger charge is 2.34. The molecule has 7 nitrogen and oxygen atoms in total. The molecule has 78 valence electrons. The smallest absolute Gasteiger partial charge is 0.303 e. The highest BCUT2D eigenvalue weighted by atomic mass is 16.6. The highest BCUT2D eigenvalue weighted by molar-refractivity contribution is 5.66. The Morgan fingerprint density at radius 3 is 3.00 bits per heavy atom. The number of carbonyl (C=O) groups is 1. The maximum absolute atomic E-state index is 10.7. The van der Waals surface area contributed by atoms with E-state index in [1.807, 2.05) is 0 Å². The lowest BCUT2D eigenvalue weighted by molar-refractivity contribution is -0.165. The lowest BCUT2D eigenvalue weighted by atomic mass is 10.1. The third-order valence-corrected chi connectivity index (χ3v) is 1.84. The fourth-order valence-corrected chi connectivity index (χ4v) is 1.27. The molecule has 1 aliphatic rings. The summed E-state index contributed by atoms with van der Waals surface area (Å²) in [6, 6.07) is -0.660. The summed E-state index contributed by atoms with van der Waals surface area (Å²) in [5.41, 5.74) is 8.24. The number of aliphatic hydroxyl groups is 1. The van der Waals surface area contributed by atoms with Gasteiger partial charge in [-0.05, 0) is 5.53 Å². The minimum absolute atomic E-state index is 0.0788. The summed E-state index contributed by atoms with van der Waals surface area (Å²) in [6.07, 6.45) is -1.75. The summed E-state index contributed by atoms with van der Waals surface area (Å²) < 4.78 is 9.79. The lowest BCUT2D eigenvalue weighted by Gasteiger charge is -2.31. The Hall–Kier alpha value is -1.30. The van der Waals surface area contributed by atoms with Gasteiger partial charge in [0.1, 0.15) is 18.2 Å². The van der Waals surface area contributed by atoms with E-state index in [1.165, 1.54) is 6.92 Å². The van der Waals surface area contributed by atoms with Crippen LogP contribution in [-0.4, -0.2) is 42.5 Å². The van der Waals surface area contributed by atoms with Crippen molar-refractivity contribution in [2.45, 2.75) is 25.2 Å². The number of nitrogens with zero attached hydrogens (tertiary/aromatic N) is 3. The van der Waals surface area contributed by atoms with Crippen LogP contribution in [0.15, 0.2) is 5.11 Å². The standard InChI is InChI=1S/C7H11N3O4/c1-4(11)14-7-5(9-10-8)2-13-3-6(7)12/h5-7,12H,2-3H2,1H3/t5-,6+,7+/m0/s1. The van der Waals surface area contributed by atoms with Gasteiger partial charge in [-0.1, -0.05) is 5.11 Å². The molecule has 0 aromatic carbocycles. The predicted octanol–water partition coefficient (Wildman–Crippen LogP) is -0.0119. The normalized spacial score (nSPS) is 31.7. The Morgan fingerprint density at radius 2 is 2.43 bits per heavy atom. The minimum atomic E-state index is -0.942. The van der Waals surface area contributed by atoms with Gasteiger partial charge < -0.3 is 14.6 Å². The summed E-state index contributed by atoms with van der Waals surface area (Å²) in [6.45, 7) is 1.46. The Morgan fingerprint density at radius 1 is 1.71 bits per heavy atom. The van der Waals surface area contributed by atoms with Gasteiger partial charge in [0.15, 0.2) is 0 Å². The van der Waals surface area contributed by atoms with Gasteiger partial charge in [0.25, 0.3) is 0 Å². The van der Waals surface area contributed by atoms with E-state index < -0.39 is 24.2 Å². The average molecular weight is 201 g/mol. The maximum Gasteiger partial charge on any atom is 0.303 e. The fourth-order valence-electron chi connectivity index (χ4n) is 1.27. The van der Waals surface area contributed by atoms with Crippen LogP contribution in [0.3, 0.4) is 0 Å². The van der Waals surface area contributed by atoms with Gasteiger partial charge in [0.05, 0.1) is 13.2 Å². The van der Waals surface area contributed by atoms with Crippen molar-refractivity contribution in [1.82, 2.24) is 0 Å². The third kappa shape index (κ3) is 2.59. The molecule has 1 fully saturated rings. The molecule has 0 spiro atoms. The van der Waals surface area contributed by atoms with Gasteiger partial charge in [-0.25, -0.2) is 0 Å². The van der Waals surface area contributed by atoms with Crippen molar-refractivity contribution in [2.75, 3.05) is 13.2 Å². The summed E-state index contributed by atoms with van der Waals surface area (Å²) >= 11 is 0. The molecule has 0 aromatic rings. The number of ether oxygens (including phenoxy) is 2. The Bertz CT molecular complexity index is 264. The van der Waals surface area contributed by atoms with Crippen LogP contribution >= 0.6 is 0 Å². The van der Waals surface area contributed by atoms with Gasteiger partial charge in [-0.2, -0.15) is 0 Å². The topological polar surface area (TPSA) is 105 Å². The van der Waals surface area contributed by atoms with E-state index in [1.54, 1.807) is 0 Å². The molecular weight excluding hydrogens is 190 g/mol. The van der Waals surface area contributed by atoms with Crippen LogP contribution in [0.4, 0.5) is 0 Å². The molecule has 0 aromatic heterocycles. The van der Waals surface area contributed by atoms with Crippen LogP contribution in [0.2, 0.25) is 0 Å². The Labute approximate surface area is 80.2 Å². The molecule has 1 N–H and O–H groups in total. The third-order valence-electron chi connectivity index (χ3n) is 1.84. The number of hydrogen-bond donors (Lipinski definition) is 1. The van der Waals surface area contributed by atoms with E-state index in [0.29, 0.717) is 0 Å². The van der Waals surface area contributed by atoms with Crippen molar-refractivity contribution in [3.05, 3.63) is 10.4 Å². The zero-order valence-corrected chi connectivity index (χ0v) is 7.66. The van der Waals surface area contributed by atoms with Crippen molar-refractivity contribution < 1.29 is 19.4 Å². The molecule has 7 heteroatoms. The number of aliphatic hydroxyl groups excluding tert-OH is 1. The van der Waals surface area contributed by atoms with Crippen LogP contribution in [0.1, 0.15) is 6.92 Å². The maximum atomic E-state index is 10.7. The first kappa shape index (κ1) is 10.8. The van der Waals surface area contributed by atoms with Gasteiger partial charge in [0, 0.05) is 11.8 Å². The fraction of sp³-hybridized carbons (Fsp3) is 0.857. The number of carbonyl (C=O) groups excluding carboxylic acids is 1. The molecule has 1 heterocycles. The first-order valence-electron chi connectivity index (χ1n) is 4.12.